The van der Waals surface area contributed by atoms with E-state index in [0.717, 1.165) is 5.75 Å². The maximum Gasteiger partial charge on any atom is 0.261 e. The number of methoxy groups -OCH3 is 1. The first-order valence-corrected chi connectivity index (χ1v) is 8.00. The molecule has 0 unspecified atom stereocenters. The summed E-state index contributed by atoms with van der Waals surface area (Å²) in [6.07, 6.45) is 0.147. The third-order valence-electron chi connectivity index (χ3n) is 3.75. The smallest absolute Gasteiger partial charge is 0.261 e. The van der Waals surface area contributed by atoms with E-state index in [2.05, 4.69) is 33.0 Å². The van der Waals surface area contributed by atoms with Crippen molar-refractivity contribution in [3.05, 3.63) is 24.3 Å². The Bertz CT molecular complexity index is 446. The van der Waals surface area contributed by atoms with Crippen LogP contribution in [0.3, 0.4) is 0 Å². The molecule has 1 amide bonds. The standard InChI is InChI=1S/C18H29NO3/c1-7-16(18(20)19-17(12(2)3)13(4)5)22-15-10-8-14(21-6)9-11-15/h8-13,16-17H,7H2,1-6H3,(H,19,20)/t16-/m0/s1. The zero-order chi connectivity index (χ0) is 16.7. The zero-order valence-electron chi connectivity index (χ0n) is 14.6. The van der Waals surface area contributed by atoms with E-state index in [-0.39, 0.29) is 11.9 Å². The highest BCUT2D eigenvalue weighted by Gasteiger charge is 2.25. The zero-order valence-corrected chi connectivity index (χ0v) is 14.6. The topological polar surface area (TPSA) is 47.6 Å². The van der Waals surface area contributed by atoms with Crippen LogP contribution in [0.5, 0.6) is 11.5 Å². The molecular weight excluding hydrogens is 278 g/mol. The van der Waals surface area contributed by atoms with Crippen LogP contribution in [0.25, 0.3) is 0 Å². The molecule has 0 aliphatic carbocycles. The van der Waals surface area contributed by atoms with E-state index in [1.165, 1.54) is 0 Å². The van der Waals surface area contributed by atoms with Gasteiger partial charge in [0.15, 0.2) is 6.10 Å². The van der Waals surface area contributed by atoms with E-state index in [9.17, 15) is 4.79 Å². The Balaban J connectivity index is 2.71. The Morgan fingerprint density at radius 2 is 1.55 bits per heavy atom. The molecule has 0 aromatic heterocycles. The normalized spacial score (nSPS) is 12.6. The SMILES string of the molecule is CC[C@H](Oc1ccc(OC)cc1)C(=O)NC(C(C)C)C(C)C. The molecule has 0 fully saturated rings. The van der Waals surface area contributed by atoms with Crippen LogP contribution in [0, 0.1) is 11.8 Å². The second-order valence-corrected chi connectivity index (χ2v) is 6.21. The van der Waals surface area contributed by atoms with Crippen LogP contribution in [-0.2, 0) is 4.79 Å². The third-order valence-corrected chi connectivity index (χ3v) is 3.75. The average molecular weight is 307 g/mol. The molecule has 1 aromatic rings. The van der Waals surface area contributed by atoms with Gasteiger partial charge in [-0.1, -0.05) is 34.6 Å². The molecule has 0 saturated heterocycles. The summed E-state index contributed by atoms with van der Waals surface area (Å²) in [7, 11) is 1.62. The molecule has 0 spiro atoms. The summed E-state index contributed by atoms with van der Waals surface area (Å²) in [6, 6.07) is 7.44. The van der Waals surface area contributed by atoms with Gasteiger partial charge < -0.3 is 14.8 Å². The van der Waals surface area contributed by atoms with E-state index in [0.29, 0.717) is 24.0 Å². The lowest BCUT2D eigenvalue weighted by Gasteiger charge is -2.28. The quantitative estimate of drug-likeness (QED) is 0.797. The molecule has 1 N–H and O–H groups in total. The van der Waals surface area contributed by atoms with Gasteiger partial charge in [-0.25, -0.2) is 0 Å². The lowest BCUT2D eigenvalue weighted by atomic mass is 9.93. The summed E-state index contributed by atoms with van der Waals surface area (Å²) >= 11 is 0. The van der Waals surface area contributed by atoms with Crippen molar-refractivity contribution in [2.75, 3.05) is 7.11 Å². The van der Waals surface area contributed by atoms with Gasteiger partial charge in [0.25, 0.3) is 5.91 Å². The van der Waals surface area contributed by atoms with E-state index >= 15 is 0 Å². The first kappa shape index (κ1) is 18.3. The summed E-state index contributed by atoms with van der Waals surface area (Å²) in [4.78, 5) is 12.5. The van der Waals surface area contributed by atoms with Gasteiger partial charge >= 0.3 is 0 Å². The Labute approximate surface area is 134 Å². The summed E-state index contributed by atoms with van der Waals surface area (Å²) < 4.78 is 10.9. The molecule has 1 atom stereocenters. The highest BCUT2D eigenvalue weighted by atomic mass is 16.5. The van der Waals surface area contributed by atoms with Crippen molar-refractivity contribution in [1.29, 1.82) is 0 Å². The minimum atomic E-state index is -0.478. The molecule has 4 heteroatoms. The number of rotatable bonds is 8. The Morgan fingerprint density at radius 3 is 1.95 bits per heavy atom. The van der Waals surface area contributed by atoms with Crippen molar-refractivity contribution in [1.82, 2.24) is 5.32 Å². The molecule has 0 heterocycles. The third kappa shape index (κ3) is 5.24. The van der Waals surface area contributed by atoms with Crippen LogP contribution in [0.4, 0.5) is 0 Å². The first-order valence-electron chi connectivity index (χ1n) is 8.00. The Kier molecular flexibility index (Phi) is 7.22. The lowest BCUT2D eigenvalue weighted by molar-refractivity contribution is -0.129. The number of nitrogens with one attached hydrogen (secondary N) is 1. The molecule has 22 heavy (non-hydrogen) atoms. The predicted molar refractivity (Wildman–Crippen MR) is 89.3 cm³/mol. The van der Waals surface area contributed by atoms with Crippen LogP contribution in [0.1, 0.15) is 41.0 Å². The van der Waals surface area contributed by atoms with Crippen molar-refractivity contribution in [3.8, 4) is 11.5 Å². The molecule has 0 radical (unpaired) electrons. The number of carbonyl (C=O) groups excluding carboxylic acids is 1. The maximum atomic E-state index is 12.5. The molecule has 0 aliphatic heterocycles. The van der Waals surface area contributed by atoms with E-state index < -0.39 is 6.10 Å². The number of hydrogen-bond acceptors (Lipinski definition) is 3. The predicted octanol–water partition coefficient (Wildman–Crippen LogP) is 3.65. The second kappa shape index (κ2) is 8.66. The first-order chi connectivity index (χ1) is 10.4. The summed E-state index contributed by atoms with van der Waals surface area (Å²) in [6.45, 7) is 10.4. The van der Waals surface area contributed by atoms with Crippen molar-refractivity contribution in [2.24, 2.45) is 11.8 Å². The van der Waals surface area contributed by atoms with Crippen LogP contribution >= 0.6 is 0 Å². The fraction of sp³-hybridized carbons (Fsp3) is 0.611. The van der Waals surface area contributed by atoms with Gasteiger partial charge in [-0.05, 0) is 42.5 Å². The van der Waals surface area contributed by atoms with Crippen LogP contribution in [0.15, 0.2) is 24.3 Å². The molecule has 124 valence electrons. The fourth-order valence-electron chi connectivity index (χ4n) is 2.50. The van der Waals surface area contributed by atoms with E-state index in [1.54, 1.807) is 7.11 Å². The maximum absolute atomic E-state index is 12.5. The molecule has 1 aromatic carbocycles. The largest absolute Gasteiger partial charge is 0.497 e. The molecule has 0 bridgehead atoms. The minimum absolute atomic E-state index is 0.0503. The molecule has 0 saturated carbocycles. The lowest BCUT2D eigenvalue weighted by Crippen LogP contribution is -2.48. The van der Waals surface area contributed by atoms with Gasteiger partial charge in [-0.15, -0.1) is 0 Å². The summed E-state index contributed by atoms with van der Waals surface area (Å²) in [5.41, 5.74) is 0. The van der Waals surface area contributed by atoms with Gasteiger partial charge in [-0.2, -0.15) is 0 Å². The summed E-state index contributed by atoms with van der Waals surface area (Å²) in [5, 5.41) is 3.12. The van der Waals surface area contributed by atoms with Crippen LogP contribution in [0.2, 0.25) is 0 Å². The highest BCUT2D eigenvalue weighted by Crippen LogP contribution is 2.19. The van der Waals surface area contributed by atoms with Crippen molar-refractivity contribution < 1.29 is 14.3 Å². The van der Waals surface area contributed by atoms with Crippen molar-refractivity contribution in [2.45, 2.75) is 53.2 Å². The Hall–Kier alpha value is -1.71. The second-order valence-electron chi connectivity index (χ2n) is 6.21. The van der Waals surface area contributed by atoms with Crippen LogP contribution < -0.4 is 14.8 Å². The van der Waals surface area contributed by atoms with Gasteiger partial charge in [0, 0.05) is 6.04 Å². The van der Waals surface area contributed by atoms with Gasteiger partial charge in [0.1, 0.15) is 11.5 Å². The van der Waals surface area contributed by atoms with Crippen molar-refractivity contribution >= 4 is 5.91 Å². The van der Waals surface area contributed by atoms with Crippen molar-refractivity contribution in [3.63, 3.8) is 0 Å². The van der Waals surface area contributed by atoms with Gasteiger partial charge in [-0.3, -0.25) is 4.79 Å². The Morgan fingerprint density at radius 1 is 1.05 bits per heavy atom. The minimum Gasteiger partial charge on any atom is -0.497 e. The average Bonchev–Trinajstić information content (AvgIpc) is 2.49. The van der Waals surface area contributed by atoms with E-state index in [1.807, 2.05) is 31.2 Å². The summed E-state index contributed by atoms with van der Waals surface area (Å²) in [5.74, 6) is 2.17. The number of ether oxygens (including phenoxy) is 2. The molecular formula is C18H29NO3. The highest BCUT2D eigenvalue weighted by molar-refractivity contribution is 5.81. The van der Waals surface area contributed by atoms with E-state index in [4.69, 9.17) is 9.47 Å². The monoisotopic (exact) mass is 307 g/mol. The number of hydrogen-bond donors (Lipinski definition) is 1. The number of carbonyl (C=O) groups is 1. The van der Waals surface area contributed by atoms with Gasteiger partial charge in [0.05, 0.1) is 7.11 Å². The molecule has 0 aliphatic rings. The van der Waals surface area contributed by atoms with Gasteiger partial charge in [0.2, 0.25) is 0 Å². The van der Waals surface area contributed by atoms with Crippen LogP contribution in [-0.4, -0.2) is 25.2 Å². The number of amides is 1. The molecule has 4 nitrogen and oxygen atoms in total. The molecule has 1 rings (SSSR count). The number of benzene rings is 1. The fourth-order valence-corrected chi connectivity index (χ4v) is 2.50.